The van der Waals surface area contributed by atoms with E-state index in [1.807, 2.05) is 0 Å². The minimum absolute atomic E-state index is 0.428. The van der Waals surface area contributed by atoms with E-state index in [9.17, 15) is 0 Å². The van der Waals surface area contributed by atoms with Gasteiger partial charge in [0.15, 0.2) is 0 Å². The minimum atomic E-state index is 0.428. The van der Waals surface area contributed by atoms with Gasteiger partial charge in [-0.3, -0.25) is 5.43 Å². The first-order chi connectivity index (χ1) is 8.58. The molecule has 0 amide bonds. The van der Waals surface area contributed by atoms with Crippen molar-refractivity contribution in [1.29, 1.82) is 0 Å². The number of nitrogen functional groups attached to an aromatic ring is 1. The molecule has 100 valence electrons. The van der Waals surface area contributed by atoms with Gasteiger partial charge < -0.3 is 5.32 Å². The Labute approximate surface area is 116 Å². The Morgan fingerprint density at radius 2 is 1.94 bits per heavy atom. The lowest BCUT2D eigenvalue weighted by atomic mass is 9.80. The maximum absolute atomic E-state index is 5.33. The third kappa shape index (κ3) is 3.32. The third-order valence-electron chi connectivity index (χ3n) is 3.39. The van der Waals surface area contributed by atoms with Crippen LogP contribution in [0.5, 0.6) is 0 Å². The van der Waals surface area contributed by atoms with Gasteiger partial charge in [-0.15, -0.1) is 0 Å². The zero-order valence-corrected chi connectivity index (χ0v) is 12.4. The maximum Gasteiger partial charge on any atom is 0.239 e. The topological polar surface area (TPSA) is 75.9 Å². The highest BCUT2D eigenvalue weighted by atomic mass is 79.9. The molecule has 1 aromatic rings. The Kier molecular flexibility index (Phi) is 4.40. The number of anilines is 2. The average molecular weight is 314 g/mol. The normalized spacial score (nSPS) is 27.9. The van der Waals surface area contributed by atoms with Crippen molar-refractivity contribution in [2.75, 3.05) is 10.7 Å². The fourth-order valence-electron chi connectivity index (χ4n) is 2.80. The van der Waals surface area contributed by atoms with E-state index in [-0.39, 0.29) is 0 Å². The van der Waals surface area contributed by atoms with Gasteiger partial charge in [0.1, 0.15) is 5.82 Å². The van der Waals surface area contributed by atoms with Crippen molar-refractivity contribution < 1.29 is 0 Å². The van der Waals surface area contributed by atoms with Gasteiger partial charge in [0, 0.05) is 12.2 Å². The molecule has 0 radical (unpaired) electrons. The number of nitrogens with two attached hydrogens (primary N) is 1. The van der Waals surface area contributed by atoms with Crippen LogP contribution in [0.4, 0.5) is 11.8 Å². The van der Waals surface area contributed by atoms with Crippen LogP contribution < -0.4 is 16.6 Å². The molecule has 2 atom stereocenters. The molecule has 1 saturated carbocycles. The Morgan fingerprint density at radius 3 is 2.56 bits per heavy atom. The van der Waals surface area contributed by atoms with Gasteiger partial charge in [0.25, 0.3) is 0 Å². The summed E-state index contributed by atoms with van der Waals surface area (Å²) in [5, 5.41) is 3.49. The molecular formula is C12H20BrN5. The summed E-state index contributed by atoms with van der Waals surface area (Å²) in [5.74, 6) is 8.09. The Bertz CT molecular complexity index is 401. The van der Waals surface area contributed by atoms with E-state index in [1.165, 1.54) is 19.3 Å². The van der Waals surface area contributed by atoms with Gasteiger partial charge >= 0.3 is 0 Å². The fourth-order valence-corrected chi connectivity index (χ4v) is 3.10. The van der Waals surface area contributed by atoms with Crippen LogP contribution in [-0.2, 0) is 0 Å². The summed E-state index contributed by atoms with van der Waals surface area (Å²) >= 11 is 3.46. The molecule has 18 heavy (non-hydrogen) atoms. The second-order valence-corrected chi connectivity index (χ2v) is 6.15. The Balaban J connectivity index is 2.08. The third-order valence-corrected chi connectivity index (χ3v) is 3.97. The van der Waals surface area contributed by atoms with E-state index in [0.29, 0.717) is 12.0 Å². The lowest BCUT2D eigenvalue weighted by Crippen LogP contribution is -2.30. The number of nitrogens with zero attached hydrogens (tertiary/aromatic N) is 2. The van der Waals surface area contributed by atoms with Crippen LogP contribution in [0.25, 0.3) is 0 Å². The van der Waals surface area contributed by atoms with Gasteiger partial charge in [-0.25, -0.2) is 10.8 Å². The molecule has 1 aliphatic carbocycles. The molecule has 2 rings (SSSR count). The molecule has 0 saturated heterocycles. The molecule has 1 aromatic heterocycles. The number of hydrogen-bond donors (Lipinski definition) is 3. The van der Waals surface area contributed by atoms with E-state index in [0.717, 1.165) is 22.1 Å². The molecular weight excluding hydrogens is 294 g/mol. The summed E-state index contributed by atoms with van der Waals surface area (Å²) in [5.41, 5.74) is 2.47. The molecule has 6 heteroatoms. The second kappa shape index (κ2) is 5.84. The standard InChI is InChI=1S/C12H20BrN5/c1-7-3-8(2)5-9(4-7)16-11-10(13)6-15-12(17-11)18-14/h6-9H,3-5,14H2,1-2H3,(H2,15,16,17,18). The predicted octanol–water partition coefficient (Wildman–Crippen LogP) is 2.76. The summed E-state index contributed by atoms with van der Waals surface area (Å²) in [6.07, 6.45) is 5.40. The highest BCUT2D eigenvalue weighted by Gasteiger charge is 2.24. The van der Waals surface area contributed by atoms with E-state index < -0.39 is 0 Å². The summed E-state index contributed by atoms with van der Waals surface area (Å²) in [7, 11) is 0. The maximum atomic E-state index is 5.33. The van der Waals surface area contributed by atoms with Crippen LogP contribution in [0.15, 0.2) is 10.7 Å². The number of aromatic nitrogens is 2. The molecule has 4 N–H and O–H groups in total. The first-order valence-corrected chi connectivity index (χ1v) is 7.13. The largest absolute Gasteiger partial charge is 0.366 e. The molecule has 0 aliphatic heterocycles. The monoisotopic (exact) mass is 313 g/mol. The van der Waals surface area contributed by atoms with E-state index >= 15 is 0 Å². The van der Waals surface area contributed by atoms with Crippen molar-refractivity contribution >= 4 is 27.7 Å². The number of hydrazine groups is 1. The van der Waals surface area contributed by atoms with Crippen LogP contribution in [0, 0.1) is 11.8 Å². The predicted molar refractivity (Wildman–Crippen MR) is 77.1 cm³/mol. The van der Waals surface area contributed by atoms with Crippen molar-refractivity contribution in [3.8, 4) is 0 Å². The molecule has 1 aliphatic rings. The van der Waals surface area contributed by atoms with Crippen molar-refractivity contribution in [1.82, 2.24) is 9.97 Å². The van der Waals surface area contributed by atoms with Gasteiger partial charge in [0.2, 0.25) is 5.95 Å². The highest BCUT2D eigenvalue weighted by Crippen LogP contribution is 2.31. The van der Waals surface area contributed by atoms with E-state index in [1.54, 1.807) is 6.20 Å². The Morgan fingerprint density at radius 1 is 1.28 bits per heavy atom. The first-order valence-electron chi connectivity index (χ1n) is 6.34. The van der Waals surface area contributed by atoms with Gasteiger partial charge in [-0.1, -0.05) is 13.8 Å². The van der Waals surface area contributed by atoms with Crippen molar-refractivity contribution in [3.05, 3.63) is 10.7 Å². The smallest absolute Gasteiger partial charge is 0.239 e. The summed E-state index contributed by atoms with van der Waals surface area (Å²) in [6.45, 7) is 4.62. The average Bonchev–Trinajstić information content (AvgIpc) is 2.30. The van der Waals surface area contributed by atoms with Crippen LogP contribution in [0.1, 0.15) is 33.1 Å². The van der Waals surface area contributed by atoms with Crippen LogP contribution >= 0.6 is 15.9 Å². The zero-order chi connectivity index (χ0) is 13.1. The molecule has 0 bridgehead atoms. The lowest BCUT2D eigenvalue weighted by molar-refractivity contribution is 0.280. The van der Waals surface area contributed by atoms with E-state index in [2.05, 4.69) is 50.5 Å². The van der Waals surface area contributed by atoms with Crippen molar-refractivity contribution in [2.45, 2.75) is 39.2 Å². The van der Waals surface area contributed by atoms with Crippen molar-refractivity contribution in [3.63, 3.8) is 0 Å². The van der Waals surface area contributed by atoms with Gasteiger partial charge in [-0.05, 0) is 47.0 Å². The van der Waals surface area contributed by atoms with Crippen LogP contribution in [0.3, 0.4) is 0 Å². The minimum Gasteiger partial charge on any atom is -0.366 e. The number of halogens is 1. The second-order valence-electron chi connectivity index (χ2n) is 5.29. The number of hydrogen-bond acceptors (Lipinski definition) is 5. The molecule has 5 nitrogen and oxygen atoms in total. The molecule has 0 aromatic carbocycles. The SMILES string of the molecule is CC1CC(C)CC(Nc2nc(NN)ncc2Br)C1. The first kappa shape index (κ1) is 13.5. The highest BCUT2D eigenvalue weighted by molar-refractivity contribution is 9.10. The summed E-state index contributed by atoms with van der Waals surface area (Å²) in [4.78, 5) is 8.38. The van der Waals surface area contributed by atoms with Crippen LogP contribution in [-0.4, -0.2) is 16.0 Å². The number of nitrogens with one attached hydrogen (secondary N) is 2. The van der Waals surface area contributed by atoms with Gasteiger partial charge in [-0.2, -0.15) is 4.98 Å². The van der Waals surface area contributed by atoms with Crippen molar-refractivity contribution in [2.24, 2.45) is 17.7 Å². The summed E-state index contributed by atoms with van der Waals surface area (Å²) in [6, 6.07) is 0.473. The van der Waals surface area contributed by atoms with Crippen LogP contribution in [0.2, 0.25) is 0 Å². The lowest BCUT2D eigenvalue weighted by Gasteiger charge is -2.32. The fraction of sp³-hybridized carbons (Fsp3) is 0.667. The molecule has 2 unspecified atom stereocenters. The molecule has 1 heterocycles. The summed E-state index contributed by atoms with van der Waals surface area (Å²) < 4.78 is 0.868. The quantitative estimate of drug-likeness (QED) is 0.591. The van der Waals surface area contributed by atoms with E-state index in [4.69, 9.17) is 5.84 Å². The Hall–Kier alpha value is -0.880. The molecule has 1 fully saturated rings. The van der Waals surface area contributed by atoms with Gasteiger partial charge in [0.05, 0.1) is 4.47 Å². The number of rotatable bonds is 3. The molecule has 0 spiro atoms. The zero-order valence-electron chi connectivity index (χ0n) is 10.8.